The molecule has 2 N–H and O–H groups in total. The van der Waals surface area contributed by atoms with Crippen molar-refractivity contribution in [3.63, 3.8) is 0 Å². The number of rotatable bonds is 9. The Morgan fingerprint density at radius 3 is 2.40 bits per heavy atom. The zero-order valence-corrected chi connectivity index (χ0v) is 23.7. The lowest BCUT2D eigenvalue weighted by molar-refractivity contribution is -0.383. The minimum Gasteiger partial charge on any atom is -0.388 e. The smallest absolute Gasteiger partial charge is 0.388 e. The number of hydrogen-bond donors (Lipinski definition) is 2. The molecule has 1 aliphatic carbocycles. The average molecular weight is 585 g/mol. The summed E-state index contributed by atoms with van der Waals surface area (Å²) in [7, 11) is 0. The molecule has 1 aromatic carbocycles. The van der Waals surface area contributed by atoms with Crippen molar-refractivity contribution in [1.82, 2.24) is 14.9 Å². The van der Waals surface area contributed by atoms with Gasteiger partial charge in [0.15, 0.2) is 0 Å². The SMILES string of the molecule is CCC(c1ccc(C(F)(F)F)cc1)N1C[C@H](C)N(c2nc(Cl)nc(NCC3(O)CCCC3)c2[N+](=O)[O-])C[C@H]1CC. The normalized spacial score (nSPS) is 22.4. The Bertz CT molecular complexity index is 1190. The van der Waals surface area contributed by atoms with Gasteiger partial charge in [-0.2, -0.15) is 23.1 Å². The van der Waals surface area contributed by atoms with E-state index in [1.54, 1.807) is 0 Å². The molecule has 4 rings (SSSR count). The van der Waals surface area contributed by atoms with E-state index in [0.29, 0.717) is 38.8 Å². The first-order valence-electron chi connectivity index (χ1n) is 13.7. The summed E-state index contributed by atoms with van der Waals surface area (Å²) in [6.07, 6.45) is -0.0100. The van der Waals surface area contributed by atoms with Crippen LogP contribution in [-0.4, -0.2) is 62.2 Å². The second-order valence-electron chi connectivity index (χ2n) is 10.9. The van der Waals surface area contributed by atoms with Crippen molar-refractivity contribution >= 4 is 28.9 Å². The largest absolute Gasteiger partial charge is 0.416 e. The quantitative estimate of drug-likeness (QED) is 0.203. The highest BCUT2D eigenvalue weighted by Crippen LogP contribution is 2.40. The zero-order chi connectivity index (χ0) is 29.2. The molecule has 0 amide bonds. The first kappa shape index (κ1) is 30.3. The average Bonchev–Trinajstić information content (AvgIpc) is 3.34. The number of halogens is 4. The van der Waals surface area contributed by atoms with E-state index in [-0.39, 0.29) is 47.3 Å². The van der Waals surface area contributed by atoms with Crippen LogP contribution < -0.4 is 10.2 Å². The van der Waals surface area contributed by atoms with E-state index in [2.05, 4.69) is 20.2 Å². The number of piperazine rings is 1. The van der Waals surface area contributed by atoms with Crippen molar-refractivity contribution < 1.29 is 23.2 Å². The Hall–Kier alpha value is -2.70. The van der Waals surface area contributed by atoms with Crippen molar-refractivity contribution in [3.05, 3.63) is 50.8 Å². The molecule has 0 bridgehead atoms. The van der Waals surface area contributed by atoms with E-state index >= 15 is 0 Å². The summed E-state index contributed by atoms with van der Waals surface area (Å²) in [5.74, 6) is 0.0817. The van der Waals surface area contributed by atoms with Gasteiger partial charge >= 0.3 is 11.9 Å². The lowest BCUT2D eigenvalue weighted by Crippen LogP contribution is -2.58. The summed E-state index contributed by atoms with van der Waals surface area (Å²) in [6.45, 7) is 6.99. The number of anilines is 2. The Kier molecular flexibility index (Phi) is 9.11. The second kappa shape index (κ2) is 12.0. The minimum absolute atomic E-state index is 0.0285. The van der Waals surface area contributed by atoms with Crippen LogP contribution in [0.4, 0.5) is 30.5 Å². The molecule has 1 aromatic heterocycles. The first-order chi connectivity index (χ1) is 18.9. The fourth-order valence-electron chi connectivity index (χ4n) is 6.03. The van der Waals surface area contributed by atoms with Crippen LogP contribution in [0.25, 0.3) is 0 Å². The molecule has 2 fully saturated rings. The van der Waals surface area contributed by atoms with Crippen molar-refractivity contribution in [2.45, 2.75) is 89.2 Å². The lowest BCUT2D eigenvalue weighted by Gasteiger charge is -2.48. The lowest BCUT2D eigenvalue weighted by atomic mass is 9.95. The topological polar surface area (TPSA) is 108 Å². The Morgan fingerprint density at radius 2 is 1.85 bits per heavy atom. The maximum absolute atomic E-state index is 13.1. The van der Waals surface area contributed by atoms with E-state index in [4.69, 9.17) is 11.6 Å². The Balaban J connectivity index is 1.61. The van der Waals surface area contributed by atoms with Crippen LogP contribution in [0.2, 0.25) is 5.28 Å². The van der Waals surface area contributed by atoms with Gasteiger partial charge in [0.1, 0.15) is 0 Å². The van der Waals surface area contributed by atoms with Gasteiger partial charge in [-0.1, -0.05) is 38.8 Å². The molecule has 1 saturated carbocycles. The molecule has 0 radical (unpaired) electrons. The van der Waals surface area contributed by atoms with Crippen LogP contribution in [0.5, 0.6) is 0 Å². The van der Waals surface area contributed by atoms with Gasteiger partial charge in [0.25, 0.3) is 0 Å². The highest BCUT2D eigenvalue weighted by atomic mass is 35.5. The van der Waals surface area contributed by atoms with Crippen LogP contribution in [0, 0.1) is 10.1 Å². The summed E-state index contributed by atoms with van der Waals surface area (Å²) in [5.41, 5.74) is -1.14. The minimum atomic E-state index is -4.40. The molecule has 40 heavy (non-hydrogen) atoms. The van der Waals surface area contributed by atoms with Crippen LogP contribution in [-0.2, 0) is 6.18 Å². The first-order valence-corrected chi connectivity index (χ1v) is 14.1. The van der Waals surface area contributed by atoms with Crippen molar-refractivity contribution in [1.29, 1.82) is 0 Å². The maximum Gasteiger partial charge on any atom is 0.416 e. The Morgan fingerprint density at radius 1 is 1.20 bits per heavy atom. The van der Waals surface area contributed by atoms with Gasteiger partial charge in [-0.25, -0.2) is 0 Å². The molecule has 2 heterocycles. The van der Waals surface area contributed by atoms with Gasteiger partial charge in [-0.15, -0.1) is 0 Å². The fraction of sp³-hybridized carbons (Fsp3) is 0.630. The van der Waals surface area contributed by atoms with E-state index < -0.39 is 22.3 Å². The van der Waals surface area contributed by atoms with Gasteiger partial charge in [0.2, 0.25) is 16.9 Å². The third kappa shape index (κ3) is 6.44. The summed E-state index contributed by atoms with van der Waals surface area (Å²) < 4.78 is 39.4. The van der Waals surface area contributed by atoms with Crippen LogP contribution in [0.3, 0.4) is 0 Å². The molecule has 9 nitrogen and oxygen atoms in total. The predicted octanol–water partition coefficient (Wildman–Crippen LogP) is 6.21. The van der Waals surface area contributed by atoms with Gasteiger partial charge < -0.3 is 15.3 Å². The number of nitrogens with one attached hydrogen (secondary N) is 1. The zero-order valence-electron chi connectivity index (χ0n) is 22.9. The molecule has 1 unspecified atom stereocenters. The number of nitrogens with zero attached hydrogens (tertiary/aromatic N) is 5. The van der Waals surface area contributed by atoms with Crippen LogP contribution >= 0.6 is 11.6 Å². The monoisotopic (exact) mass is 584 g/mol. The number of aliphatic hydroxyl groups is 1. The molecule has 3 atom stereocenters. The number of nitro groups is 1. The number of aromatic nitrogens is 2. The van der Waals surface area contributed by atoms with E-state index in [1.165, 1.54) is 12.1 Å². The third-order valence-electron chi connectivity index (χ3n) is 8.18. The van der Waals surface area contributed by atoms with Crippen LogP contribution in [0.1, 0.15) is 76.5 Å². The number of hydrogen-bond acceptors (Lipinski definition) is 8. The molecule has 1 aliphatic heterocycles. The van der Waals surface area contributed by atoms with Gasteiger partial charge in [0, 0.05) is 37.8 Å². The molecule has 2 aromatic rings. The summed E-state index contributed by atoms with van der Waals surface area (Å²) in [5, 5.41) is 25.9. The van der Waals surface area contributed by atoms with Crippen molar-refractivity contribution in [2.75, 3.05) is 29.9 Å². The van der Waals surface area contributed by atoms with E-state index in [0.717, 1.165) is 30.5 Å². The molecule has 0 spiro atoms. The molecular weight excluding hydrogens is 549 g/mol. The second-order valence-corrected chi connectivity index (χ2v) is 11.2. The molecule has 220 valence electrons. The fourth-order valence-corrected chi connectivity index (χ4v) is 6.19. The molecule has 1 saturated heterocycles. The van der Waals surface area contributed by atoms with Gasteiger partial charge in [-0.05, 0) is 61.9 Å². The summed E-state index contributed by atoms with van der Waals surface area (Å²) >= 11 is 6.26. The Labute approximate surface area is 236 Å². The van der Waals surface area contributed by atoms with Gasteiger partial charge in [0.05, 0.1) is 16.1 Å². The molecule has 13 heteroatoms. The van der Waals surface area contributed by atoms with E-state index in [9.17, 15) is 28.4 Å². The third-order valence-corrected chi connectivity index (χ3v) is 8.35. The highest BCUT2D eigenvalue weighted by Gasteiger charge is 2.40. The standard InChI is InChI=1S/C27H36ClF3N6O3/c1-4-20-15-35(17(3)14-36(20)21(5-2)18-8-10-19(11-9-18)27(29,30)31)24-22(37(39)40)23(33-25(28)34-24)32-16-26(38)12-6-7-13-26/h8-11,17,20-21,38H,4-7,12-16H2,1-3H3,(H,32,33,34)/t17-,20+,21?/m0/s1. The highest BCUT2D eigenvalue weighted by molar-refractivity contribution is 6.28. The summed E-state index contributed by atoms with van der Waals surface area (Å²) in [6, 6.07) is 4.90. The van der Waals surface area contributed by atoms with Crippen molar-refractivity contribution in [3.8, 4) is 0 Å². The van der Waals surface area contributed by atoms with Crippen molar-refractivity contribution in [2.24, 2.45) is 0 Å². The predicted molar refractivity (Wildman–Crippen MR) is 148 cm³/mol. The maximum atomic E-state index is 13.1. The number of benzene rings is 1. The summed E-state index contributed by atoms with van der Waals surface area (Å²) in [4.78, 5) is 24.3. The molecule has 2 aliphatic rings. The van der Waals surface area contributed by atoms with Gasteiger partial charge in [-0.3, -0.25) is 15.0 Å². The number of alkyl halides is 3. The van der Waals surface area contributed by atoms with E-state index in [1.807, 2.05) is 25.7 Å². The van der Waals surface area contributed by atoms with Crippen LogP contribution in [0.15, 0.2) is 24.3 Å². The molecular formula is C27H36ClF3N6O3.